The van der Waals surface area contributed by atoms with Crippen LogP contribution in [0.2, 0.25) is 0 Å². The second-order valence-electron chi connectivity index (χ2n) is 6.75. The first-order chi connectivity index (χ1) is 15.6. The zero-order valence-corrected chi connectivity index (χ0v) is 17.1. The van der Waals surface area contributed by atoms with Crippen LogP contribution in [0.3, 0.4) is 0 Å². The molecule has 0 aliphatic carbocycles. The van der Waals surface area contributed by atoms with Gasteiger partial charge in [-0.05, 0) is 23.8 Å². The van der Waals surface area contributed by atoms with Crippen molar-refractivity contribution in [2.75, 3.05) is 5.32 Å². The molecule has 0 saturated carbocycles. The molecule has 1 aliphatic heterocycles. The van der Waals surface area contributed by atoms with Crippen molar-refractivity contribution in [1.29, 1.82) is 0 Å². The molecule has 1 aliphatic rings. The van der Waals surface area contributed by atoms with Crippen LogP contribution in [-0.2, 0) is 5.75 Å². The van der Waals surface area contributed by atoms with Gasteiger partial charge in [-0.25, -0.2) is 4.39 Å². The number of rotatable bonds is 5. The van der Waals surface area contributed by atoms with E-state index in [4.69, 9.17) is 9.15 Å². The van der Waals surface area contributed by atoms with E-state index in [0.29, 0.717) is 33.4 Å². The first-order valence-corrected chi connectivity index (χ1v) is 10.4. The van der Waals surface area contributed by atoms with Gasteiger partial charge in [0.25, 0.3) is 0 Å². The van der Waals surface area contributed by atoms with Gasteiger partial charge < -0.3 is 14.5 Å². The topological polar surface area (TPSA) is 116 Å². The number of furan rings is 1. The maximum Gasteiger partial charge on any atom is 0.433 e. The smallest absolute Gasteiger partial charge is 0.433 e. The number of nitrogens with zero attached hydrogens (tertiary/aromatic N) is 4. The molecular weight excluding hydrogens is 437 g/mol. The Hall–Kier alpha value is -3.99. The maximum atomic E-state index is 13.9. The van der Waals surface area contributed by atoms with Crippen LogP contribution in [-0.4, -0.2) is 20.1 Å². The lowest BCUT2D eigenvalue weighted by Gasteiger charge is -2.16. The first-order valence-electron chi connectivity index (χ1n) is 9.46. The molecule has 32 heavy (non-hydrogen) atoms. The summed E-state index contributed by atoms with van der Waals surface area (Å²) in [6.07, 6.45) is -0.882. The molecule has 0 spiro atoms. The number of nitro groups is 1. The van der Waals surface area contributed by atoms with Crippen LogP contribution in [0.1, 0.15) is 17.6 Å². The molecule has 0 bridgehead atoms. The number of fused-ring (bicyclic) bond motifs is 3. The zero-order valence-electron chi connectivity index (χ0n) is 16.3. The van der Waals surface area contributed by atoms with Crippen molar-refractivity contribution in [2.45, 2.75) is 17.1 Å². The van der Waals surface area contributed by atoms with Gasteiger partial charge in [-0.2, -0.15) is 4.98 Å². The molecule has 0 amide bonds. The van der Waals surface area contributed by atoms with Crippen LogP contribution in [0.15, 0.2) is 70.2 Å². The lowest BCUT2D eigenvalue weighted by molar-refractivity contribution is -0.402. The molecule has 0 radical (unpaired) electrons. The number of benzene rings is 2. The van der Waals surface area contributed by atoms with Gasteiger partial charge in [0.15, 0.2) is 11.5 Å². The zero-order chi connectivity index (χ0) is 22.1. The molecule has 0 saturated heterocycles. The van der Waals surface area contributed by atoms with Crippen molar-refractivity contribution >= 4 is 23.3 Å². The summed E-state index contributed by atoms with van der Waals surface area (Å²) in [6, 6.07) is 16.5. The average Bonchev–Trinajstić information content (AvgIpc) is 3.23. The van der Waals surface area contributed by atoms with Crippen LogP contribution in [0.4, 0.5) is 16.0 Å². The third-order valence-electron chi connectivity index (χ3n) is 4.70. The van der Waals surface area contributed by atoms with Crippen molar-refractivity contribution in [3.63, 3.8) is 0 Å². The highest BCUT2D eigenvalue weighted by Gasteiger charge is 2.29. The Bertz CT molecular complexity index is 1310. The van der Waals surface area contributed by atoms with E-state index in [0.717, 1.165) is 0 Å². The largest absolute Gasteiger partial charge is 0.444 e. The maximum absolute atomic E-state index is 13.9. The Labute approximate surface area is 184 Å². The monoisotopic (exact) mass is 451 g/mol. The van der Waals surface area contributed by atoms with Crippen molar-refractivity contribution in [1.82, 2.24) is 15.2 Å². The van der Waals surface area contributed by atoms with Crippen LogP contribution in [0, 0.1) is 15.9 Å². The number of nitrogens with one attached hydrogen (secondary N) is 1. The number of aromatic nitrogens is 3. The predicted octanol–water partition coefficient (Wildman–Crippen LogP) is 4.97. The number of halogens is 1. The number of ether oxygens (including phenoxy) is 1. The highest BCUT2D eigenvalue weighted by Crippen LogP contribution is 2.40. The van der Waals surface area contributed by atoms with Gasteiger partial charge in [0.2, 0.25) is 17.3 Å². The van der Waals surface area contributed by atoms with E-state index < -0.39 is 17.0 Å². The summed E-state index contributed by atoms with van der Waals surface area (Å²) in [5.41, 5.74) is 2.31. The van der Waals surface area contributed by atoms with Gasteiger partial charge in [-0.15, -0.1) is 10.2 Å². The van der Waals surface area contributed by atoms with Crippen LogP contribution in [0.25, 0.3) is 11.3 Å². The molecule has 9 nitrogen and oxygen atoms in total. The summed E-state index contributed by atoms with van der Waals surface area (Å²) in [5.74, 6) is -0.00628. The average molecular weight is 451 g/mol. The lowest BCUT2D eigenvalue weighted by atomic mass is 10.1. The number of thioether (sulfide) groups is 1. The van der Waals surface area contributed by atoms with E-state index in [1.54, 1.807) is 18.2 Å². The molecule has 0 fully saturated rings. The van der Waals surface area contributed by atoms with Gasteiger partial charge in [-0.1, -0.05) is 48.2 Å². The predicted molar refractivity (Wildman–Crippen MR) is 114 cm³/mol. The first kappa shape index (κ1) is 19.9. The van der Waals surface area contributed by atoms with E-state index >= 15 is 0 Å². The number of para-hydroxylation sites is 1. The molecule has 0 unspecified atom stereocenters. The second-order valence-corrected chi connectivity index (χ2v) is 7.69. The standard InChI is InChI=1S/C21H14FN5O4S/c22-14-7-3-1-5-12(14)11-32-21-24-20-18(25-26-21)13-6-2-4-8-15(13)23-19(31-20)16-9-10-17(30-16)27(28)29/h1-10,19,23H,11H2/t19-/m1/s1. The molecule has 3 heterocycles. The molecule has 160 valence electrons. The van der Waals surface area contributed by atoms with Crippen LogP contribution < -0.4 is 10.1 Å². The fourth-order valence-corrected chi connectivity index (χ4v) is 3.94. The summed E-state index contributed by atoms with van der Waals surface area (Å²) >= 11 is 1.22. The Morgan fingerprint density at radius 3 is 2.72 bits per heavy atom. The summed E-state index contributed by atoms with van der Waals surface area (Å²) in [7, 11) is 0. The minimum absolute atomic E-state index is 0.178. The van der Waals surface area contributed by atoms with Gasteiger partial charge >= 0.3 is 5.88 Å². The molecule has 1 atom stereocenters. The molecule has 11 heteroatoms. The highest BCUT2D eigenvalue weighted by atomic mass is 32.2. The minimum atomic E-state index is -0.882. The van der Waals surface area contributed by atoms with Crippen molar-refractivity contribution in [3.05, 3.63) is 87.9 Å². The third kappa shape index (κ3) is 3.85. The van der Waals surface area contributed by atoms with Crippen LogP contribution >= 0.6 is 11.8 Å². The van der Waals surface area contributed by atoms with Crippen molar-refractivity contribution < 1.29 is 18.5 Å². The highest BCUT2D eigenvalue weighted by molar-refractivity contribution is 7.98. The molecule has 2 aromatic carbocycles. The quantitative estimate of drug-likeness (QED) is 0.255. The van der Waals surface area contributed by atoms with Crippen molar-refractivity contribution in [2.24, 2.45) is 0 Å². The SMILES string of the molecule is O=[N+]([O-])c1ccc([C@@H]2Nc3ccccc3-c3nnc(SCc4ccccc4F)nc3O2)o1. The Morgan fingerprint density at radius 2 is 1.91 bits per heavy atom. The van der Waals surface area contributed by atoms with Gasteiger partial charge in [-0.3, -0.25) is 10.1 Å². The fourth-order valence-electron chi connectivity index (χ4n) is 3.18. The number of hydrogen-bond acceptors (Lipinski definition) is 9. The van der Waals surface area contributed by atoms with E-state index in [9.17, 15) is 14.5 Å². The Balaban J connectivity index is 1.49. The number of hydrogen-bond donors (Lipinski definition) is 1. The van der Waals surface area contributed by atoms with E-state index in [1.807, 2.05) is 24.3 Å². The van der Waals surface area contributed by atoms with Gasteiger partial charge in [0.05, 0.1) is 6.07 Å². The third-order valence-corrected chi connectivity index (χ3v) is 5.59. The van der Waals surface area contributed by atoms with Crippen molar-refractivity contribution in [3.8, 4) is 17.1 Å². The molecule has 4 aromatic rings. The van der Waals surface area contributed by atoms with Gasteiger partial charge in [0, 0.05) is 17.0 Å². The summed E-state index contributed by atoms with van der Waals surface area (Å²) < 4.78 is 25.2. The molecule has 1 N–H and O–H groups in total. The Kier molecular flexibility index (Phi) is 5.15. The van der Waals surface area contributed by atoms with Crippen LogP contribution in [0.5, 0.6) is 5.88 Å². The van der Waals surface area contributed by atoms with E-state index in [2.05, 4.69) is 20.5 Å². The summed E-state index contributed by atoms with van der Waals surface area (Å²) in [4.78, 5) is 14.9. The molecule has 5 rings (SSSR count). The number of anilines is 1. The second kappa shape index (κ2) is 8.27. The minimum Gasteiger partial charge on any atom is -0.444 e. The van der Waals surface area contributed by atoms with E-state index in [1.165, 1.54) is 30.0 Å². The summed E-state index contributed by atoms with van der Waals surface area (Å²) in [6.45, 7) is 0. The lowest BCUT2D eigenvalue weighted by Crippen LogP contribution is -2.16. The van der Waals surface area contributed by atoms with Gasteiger partial charge in [0.1, 0.15) is 10.7 Å². The summed E-state index contributed by atoms with van der Waals surface area (Å²) in [5, 5.41) is 22.9. The Morgan fingerprint density at radius 1 is 1.09 bits per heavy atom. The normalized spacial score (nSPS) is 14.5. The molecular formula is C21H14FN5O4S. The fraction of sp³-hybridized carbons (Fsp3) is 0.0952. The molecule has 2 aromatic heterocycles. The van der Waals surface area contributed by atoms with E-state index in [-0.39, 0.29) is 17.5 Å².